The Morgan fingerprint density at radius 1 is 1.10 bits per heavy atom. The number of ether oxygens (including phenoxy) is 4. The van der Waals surface area contributed by atoms with E-state index in [2.05, 4.69) is 12.7 Å². The van der Waals surface area contributed by atoms with Crippen molar-refractivity contribution in [3.63, 3.8) is 0 Å². The molecule has 1 saturated heterocycles. The third-order valence-corrected chi connectivity index (χ3v) is 9.55. The van der Waals surface area contributed by atoms with Crippen molar-refractivity contribution in [2.75, 3.05) is 7.11 Å². The summed E-state index contributed by atoms with van der Waals surface area (Å²) in [5.74, 6) is 0.691. The number of rotatable bonds is 6. The molecule has 216 valence electrons. The molecule has 0 radical (unpaired) electrons. The fourth-order valence-corrected chi connectivity index (χ4v) is 7.64. The molecule has 1 spiro atoms. The van der Waals surface area contributed by atoms with Crippen LogP contribution in [-0.4, -0.2) is 41.1 Å². The van der Waals surface area contributed by atoms with Crippen LogP contribution in [0.1, 0.15) is 82.8 Å². The second kappa shape index (κ2) is 8.81. The van der Waals surface area contributed by atoms with Crippen LogP contribution >= 0.6 is 0 Å². The van der Waals surface area contributed by atoms with E-state index < -0.39 is 28.3 Å². The minimum Gasteiger partial charge on any atom is -0.495 e. The van der Waals surface area contributed by atoms with E-state index in [1.165, 1.54) is 0 Å². The van der Waals surface area contributed by atoms with E-state index >= 15 is 0 Å². The number of carbonyl (C=O) groups is 2. The number of carbonyl (C=O) groups excluding carboxylic acids is 2. The van der Waals surface area contributed by atoms with Crippen molar-refractivity contribution in [3.05, 3.63) is 70.4 Å². The topological polar surface area (TPSA) is 71.1 Å². The summed E-state index contributed by atoms with van der Waals surface area (Å²) in [5.41, 5.74) is 0.592. The monoisotopic (exact) mass is 556 g/mol. The molecule has 4 bridgehead atoms. The molecule has 4 unspecified atom stereocenters. The fraction of sp³-hybridized carbons (Fsp3) is 0.486. The third kappa shape index (κ3) is 3.59. The maximum absolute atomic E-state index is 14.8. The van der Waals surface area contributed by atoms with Crippen molar-refractivity contribution in [1.29, 1.82) is 0 Å². The summed E-state index contributed by atoms with van der Waals surface area (Å²) in [5, 5.41) is 0. The Kier molecular flexibility index (Phi) is 5.97. The van der Waals surface area contributed by atoms with Gasteiger partial charge in [0.1, 0.15) is 28.4 Å². The summed E-state index contributed by atoms with van der Waals surface area (Å²) in [6.07, 6.45) is 13.0. The molecular formula is C35H40O6. The van der Waals surface area contributed by atoms with Gasteiger partial charge < -0.3 is 18.9 Å². The zero-order valence-electron chi connectivity index (χ0n) is 25.4. The van der Waals surface area contributed by atoms with Gasteiger partial charge in [0.25, 0.3) is 0 Å². The quantitative estimate of drug-likeness (QED) is 0.280. The maximum Gasteiger partial charge on any atom is 0.200 e. The Morgan fingerprint density at radius 2 is 1.83 bits per heavy atom. The van der Waals surface area contributed by atoms with E-state index in [-0.39, 0.29) is 23.9 Å². The van der Waals surface area contributed by atoms with E-state index in [9.17, 15) is 9.59 Å². The van der Waals surface area contributed by atoms with E-state index in [4.69, 9.17) is 18.9 Å². The lowest BCUT2D eigenvalue weighted by atomic mass is 9.51. The third-order valence-electron chi connectivity index (χ3n) is 9.55. The Balaban J connectivity index is 1.68. The molecule has 4 atom stereocenters. The highest BCUT2D eigenvalue weighted by Gasteiger charge is 2.81. The summed E-state index contributed by atoms with van der Waals surface area (Å²) in [6, 6.07) is 0. The molecule has 7 rings (SSSR count). The fourth-order valence-electron chi connectivity index (χ4n) is 7.64. The lowest BCUT2D eigenvalue weighted by Crippen LogP contribution is -2.72. The van der Waals surface area contributed by atoms with Crippen LogP contribution in [0.5, 0.6) is 17.2 Å². The van der Waals surface area contributed by atoms with Gasteiger partial charge in [0, 0.05) is 29.4 Å². The summed E-state index contributed by atoms with van der Waals surface area (Å²) < 4.78 is 26.6. The lowest BCUT2D eigenvalue weighted by molar-refractivity contribution is -0.171. The molecule has 2 fully saturated rings. The minimum absolute atomic E-state index is 0.0245. The molecular weight excluding hydrogens is 516 g/mol. The maximum atomic E-state index is 14.8. The van der Waals surface area contributed by atoms with Gasteiger partial charge in [-0.05, 0) is 73.5 Å². The molecule has 6 heteroatoms. The smallest absolute Gasteiger partial charge is 0.200 e. The highest BCUT2D eigenvalue weighted by atomic mass is 16.6. The number of allylic oxidation sites excluding steroid dienone is 5. The Labute approximate surface area is 242 Å². The number of hydrogen-bond donors (Lipinski definition) is 0. The summed E-state index contributed by atoms with van der Waals surface area (Å²) in [4.78, 5) is 29.1. The van der Waals surface area contributed by atoms with Crippen LogP contribution in [0.15, 0.2) is 53.7 Å². The van der Waals surface area contributed by atoms with E-state index in [0.29, 0.717) is 41.2 Å². The number of Topliss-reactive ketones (excluding diaryl/α,β-unsaturated/α-hetero) is 2. The van der Waals surface area contributed by atoms with Crippen LogP contribution in [-0.2, 0) is 16.0 Å². The van der Waals surface area contributed by atoms with Gasteiger partial charge in [0.05, 0.1) is 18.3 Å². The largest absolute Gasteiger partial charge is 0.495 e. The Bertz CT molecular complexity index is 1530. The molecule has 1 aromatic carbocycles. The van der Waals surface area contributed by atoms with Gasteiger partial charge in [-0.25, -0.2) is 0 Å². The Hall–Kier alpha value is -3.38. The molecule has 6 aliphatic rings. The number of hydrogen-bond acceptors (Lipinski definition) is 6. The summed E-state index contributed by atoms with van der Waals surface area (Å²) in [6.45, 7) is 17.9. The molecule has 6 nitrogen and oxygen atoms in total. The first-order valence-electron chi connectivity index (χ1n) is 14.5. The van der Waals surface area contributed by atoms with Crippen LogP contribution in [0.3, 0.4) is 0 Å². The van der Waals surface area contributed by atoms with E-state index in [1.807, 2.05) is 72.8 Å². The van der Waals surface area contributed by atoms with Crippen molar-refractivity contribution >= 4 is 17.6 Å². The predicted octanol–water partition coefficient (Wildman–Crippen LogP) is 6.92. The minimum atomic E-state index is -1.34. The van der Waals surface area contributed by atoms with Crippen molar-refractivity contribution in [2.24, 2.45) is 11.8 Å². The van der Waals surface area contributed by atoms with E-state index in [0.717, 1.165) is 22.3 Å². The second-order valence-electron chi connectivity index (χ2n) is 13.4. The second-order valence-corrected chi connectivity index (χ2v) is 13.4. The van der Waals surface area contributed by atoms with Gasteiger partial charge in [0.2, 0.25) is 0 Å². The predicted molar refractivity (Wildman–Crippen MR) is 159 cm³/mol. The first-order valence-corrected chi connectivity index (χ1v) is 14.5. The SMILES string of the molecule is C=C/C(C)=C/CC12OC(C)(C)C3CC(C=C4C(=O)c5c(OC)c6c(c(CC=C(C)C)c5OC431)OC(C)(C)C=C6)C2=O. The van der Waals surface area contributed by atoms with Gasteiger partial charge in [0.15, 0.2) is 22.8 Å². The zero-order chi connectivity index (χ0) is 29.7. The molecule has 41 heavy (non-hydrogen) atoms. The number of fused-ring (bicyclic) bond motifs is 2. The number of methoxy groups -OCH3 is 1. The van der Waals surface area contributed by atoms with Crippen LogP contribution in [0.25, 0.3) is 6.08 Å². The van der Waals surface area contributed by atoms with Gasteiger partial charge in [-0.1, -0.05) is 42.0 Å². The van der Waals surface area contributed by atoms with Gasteiger partial charge in [-0.15, -0.1) is 0 Å². The average Bonchev–Trinajstić information content (AvgIpc) is 3.06. The van der Waals surface area contributed by atoms with Crippen molar-refractivity contribution in [3.8, 4) is 17.2 Å². The number of ketones is 2. The van der Waals surface area contributed by atoms with Crippen molar-refractivity contribution in [1.82, 2.24) is 0 Å². The molecule has 0 N–H and O–H groups in total. The molecule has 3 aliphatic heterocycles. The highest BCUT2D eigenvalue weighted by Crippen LogP contribution is 2.68. The highest BCUT2D eigenvalue weighted by molar-refractivity contribution is 6.19. The Morgan fingerprint density at radius 3 is 2.49 bits per heavy atom. The zero-order valence-corrected chi connectivity index (χ0v) is 25.4. The first-order chi connectivity index (χ1) is 19.2. The van der Waals surface area contributed by atoms with Crippen LogP contribution in [0.4, 0.5) is 0 Å². The van der Waals surface area contributed by atoms with Crippen molar-refractivity contribution in [2.45, 2.75) is 90.1 Å². The molecule has 3 aliphatic carbocycles. The average molecular weight is 557 g/mol. The van der Waals surface area contributed by atoms with Crippen LogP contribution < -0.4 is 14.2 Å². The summed E-state index contributed by atoms with van der Waals surface area (Å²) >= 11 is 0. The van der Waals surface area contributed by atoms with Gasteiger partial charge in [-0.2, -0.15) is 0 Å². The van der Waals surface area contributed by atoms with Crippen LogP contribution in [0.2, 0.25) is 0 Å². The molecule has 1 aromatic rings. The lowest BCUT2D eigenvalue weighted by Gasteiger charge is -2.56. The molecule has 0 aromatic heterocycles. The first kappa shape index (κ1) is 27.8. The summed E-state index contributed by atoms with van der Waals surface area (Å²) in [7, 11) is 1.57. The number of benzene rings is 1. The standard InChI is InChI=1S/C35H40O6/c1-10-20(4)13-16-34-31(37)21-17-24-27(36)26-29(38-9)23-14-15-32(5,6)39-28(23)22(12-11-19(2)3)30(26)40-35(24,34)25(18-21)33(7,8)41-34/h10-11,13-15,17,21,25H,1,12,16,18H2,2-9H3/b20-13+. The van der Waals surface area contributed by atoms with Gasteiger partial charge >= 0.3 is 0 Å². The van der Waals surface area contributed by atoms with E-state index in [1.54, 1.807) is 13.2 Å². The van der Waals surface area contributed by atoms with Crippen molar-refractivity contribution < 1.29 is 28.5 Å². The molecule has 0 amide bonds. The molecule has 3 heterocycles. The molecule has 1 saturated carbocycles. The van der Waals surface area contributed by atoms with Gasteiger partial charge in [-0.3, -0.25) is 9.59 Å². The van der Waals surface area contributed by atoms with Crippen LogP contribution in [0, 0.1) is 11.8 Å². The normalized spacial score (nSPS) is 31.3.